The van der Waals surface area contributed by atoms with Gasteiger partial charge in [0.2, 0.25) is 0 Å². The number of aromatic nitrogens is 4. The highest BCUT2D eigenvalue weighted by Gasteiger charge is 2.07. The van der Waals surface area contributed by atoms with Crippen molar-refractivity contribution in [3.63, 3.8) is 0 Å². The van der Waals surface area contributed by atoms with Gasteiger partial charge in [0, 0.05) is 25.5 Å². The zero-order chi connectivity index (χ0) is 17.1. The molecule has 3 aromatic rings. The van der Waals surface area contributed by atoms with Gasteiger partial charge in [0.15, 0.2) is 10.9 Å². The quantitative estimate of drug-likeness (QED) is 0.715. The molecule has 2 heterocycles. The molecule has 0 radical (unpaired) electrons. The van der Waals surface area contributed by atoms with E-state index in [9.17, 15) is 0 Å². The number of aryl methyl sites for hydroxylation is 3. The molecule has 2 aromatic heterocycles. The molecule has 0 saturated heterocycles. The van der Waals surface area contributed by atoms with Gasteiger partial charge in [-0.3, -0.25) is 9.36 Å². The van der Waals surface area contributed by atoms with Crippen molar-refractivity contribution in [2.75, 3.05) is 10.6 Å². The Kier molecular flexibility index (Phi) is 4.61. The van der Waals surface area contributed by atoms with Gasteiger partial charge >= 0.3 is 0 Å². The molecule has 2 N–H and O–H groups in total. The van der Waals surface area contributed by atoms with Gasteiger partial charge < -0.3 is 10.6 Å². The molecule has 24 heavy (non-hydrogen) atoms. The molecule has 0 fully saturated rings. The number of anilines is 2. The number of rotatable bonds is 4. The normalized spacial score (nSPS) is 10.6. The van der Waals surface area contributed by atoms with Crippen molar-refractivity contribution < 1.29 is 0 Å². The van der Waals surface area contributed by atoms with Crippen LogP contribution in [0.2, 0.25) is 0 Å². The van der Waals surface area contributed by atoms with E-state index >= 15 is 0 Å². The van der Waals surface area contributed by atoms with Crippen molar-refractivity contribution in [2.24, 2.45) is 7.05 Å². The lowest BCUT2D eigenvalue weighted by atomic mass is 10.1. The van der Waals surface area contributed by atoms with Crippen molar-refractivity contribution in [3.05, 3.63) is 59.5 Å². The fraction of sp³-hybridized carbons (Fsp3) is 0.235. The lowest BCUT2D eigenvalue weighted by Gasteiger charge is -2.08. The summed E-state index contributed by atoms with van der Waals surface area (Å²) in [5, 5.41) is 15.5. The van der Waals surface area contributed by atoms with E-state index in [0.29, 0.717) is 10.9 Å². The van der Waals surface area contributed by atoms with E-state index in [4.69, 9.17) is 12.2 Å². The molecular formula is C17H20N6S. The smallest absolute Gasteiger partial charge is 0.176 e. The van der Waals surface area contributed by atoms with E-state index in [-0.39, 0.29) is 0 Å². The zero-order valence-corrected chi connectivity index (χ0v) is 14.8. The number of hydrogen-bond acceptors (Lipinski definition) is 3. The van der Waals surface area contributed by atoms with E-state index in [1.54, 1.807) is 4.68 Å². The van der Waals surface area contributed by atoms with Gasteiger partial charge in [0.1, 0.15) is 0 Å². The molecule has 1 aromatic carbocycles. The number of thiocarbonyl (C=S) groups is 1. The second-order valence-corrected chi connectivity index (χ2v) is 6.11. The molecule has 0 atom stereocenters. The summed E-state index contributed by atoms with van der Waals surface area (Å²) in [6, 6.07) is 10.2. The molecule has 0 aliphatic carbocycles. The second-order valence-electron chi connectivity index (χ2n) is 5.71. The van der Waals surface area contributed by atoms with E-state index in [2.05, 4.69) is 39.9 Å². The first-order chi connectivity index (χ1) is 11.5. The summed E-state index contributed by atoms with van der Waals surface area (Å²) in [6.07, 6.45) is 3.83. The van der Waals surface area contributed by atoms with Crippen molar-refractivity contribution in [1.29, 1.82) is 0 Å². The maximum Gasteiger partial charge on any atom is 0.176 e. The third-order valence-corrected chi connectivity index (χ3v) is 3.94. The van der Waals surface area contributed by atoms with Crippen molar-refractivity contribution in [2.45, 2.75) is 20.4 Å². The minimum atomic E-state index is 0.493. The maximum atomic E-state index is 5.34. The van der Waals surface area contributed by atoms with Crippen LogP contribution in [-0.4, -0.2) is 24.7 Å². The van der Waals surface area contributed by atoms with E-state index in [1.165, 1.54) is 11.1 Å². The Bertz CT molecular complexity index is 864. The van der Waals surface area contributed by atoms with Gasteiger partial charge in [-0.15, -0.1) is 0 Å². The van der Waals surface area contributed by atoms with Crippen LogP contribution in [0.25, 0.3) is 0 Å². The van der Waals surface area contributed by atoms with Crippen LogP contribution in [0.3, 0.4) is 0 Å². The van der Waals surface area contributed by atoms with Gasteiger partial charge in [0.05, 0.1) is 17.9 Å². The molecule has 0 saturated carbocycles. The highest BCUT2D eigenvalue weighted by Crippen LogP contribution is 2.13. The van der Waals surface area contributed by atoms with Crippen LogP contribution < -0.4 is 10.6 Å². The zero-order valence-electron chi connectivity index (χ0n) is 13.9. The first-order valence-electron chi connectivity index (χ1n) is 7.67. The summed E-state index contributed by atoms with van der Waals surface area (Å²) in [7, 11) is 1.88. The molecule has 0 unspecified atom stereocenters. The summed E-state index contributed by atoms with van der Waals surface area (Å²) < 4.78 is 3.64. The van der Waals surface area contributed by atoms with Crippen LogP contribution in [-0.2, 0) is 13.6 Å². The first kappa shape index (κ1) is 16.2. The molecule has 3 rings (SSSR count). The number of hydrogen-bond donors (Lipinski definition) is 2. The van der Waals surface area contributed by atoms with Crippen LogP contribution in [0.15, 0.2) is 42.7 Å². The van der Waals surface area contributed by atoms with Gasteiger partial charge in [0.25, 0.3) is 0 Å². The van der Waals surface area contributed by atoms with E-state index in [0.717, 1.165) is 17.9 Å². The first-order valence-corrected chi connectivity index (χ1v) is 8.08. The molecule has 0 spiro atoms. The predicted octanol–water partition coefficient (Wildman–Crippen LogP) is 3.09. The molecule has 7 heteroatoms. The topological polar surface area (TPSA) is 59.7 Å². The summed E-state index contributed by atoms with van der Waals surface area (Å²) in [5.74, 6) is 0.711. The lowest BCUT2D eigenvalue weighted by Crippen LogP contribution is -2.19. The van der Waals surface area contributed by atoms with Crippen LogP contribution >= 0.6 is 12.2 Å². The van der Waals surface area contributed by atoms with Crippen LogP contribution in [0.4, 0.5) is 11.5 Å². The molecule has 0 aliphatic heterocycles. The highest BCUT2D eigenvalue weighted by molar-refractivity contribution is 7.80. The third-order valence-electron chi connectivity index (χ3n) is 3.74. The molecule has 0 amide bonds. The molecule has 0 aliphatic rings. The molecule has 6 nitrogen and oxygen atoms in total. The lowest BCUT2D eigenvalue weighted by molar-refractivity contribution is 0.687. The van der Waals surface area contributed by atoms with Crippen molar-refractivity contribution >= 4 is 28.8 Å². The maximum absolute atomic E-state index is 5.34. The van der Waals surface area contributed by atoms with Gasteiger partial charge in [-0.05, 0) is 37.2 Å². The monoisotopic (exact) mass is 340 g/mol. The Balaban J connectivity index is 1.62. The van der Waals surface area contributed by atoms with Crippen molar-refractivity contribution in [1.82, 2.24) is 19.6 Å². The summed E-state index contributed by atoms with van der Waals surface area (Å²) in [5.41, 5.74) is 4.28. The SMILES string of the molecule is Cc1ccccc1Cn1ccc(NC(=S)Nc2cn(C)nc2C)n1. The molecule has 0 bridgehead atoms. The van der Waals surface area contributed by atoms with Gasteiger partial charge in [-0.1, -0.05) is 24.3 Å². The minimum absolute atomic E-state index is 0.493. The predicted molar refractivity (Wildman–Crippen MR) is 100 cm³/mol. The number of nitrogens with one attached hydrogen (secondary N) is 2. The fourth-order valence-corrected chi connectivity index (χ4v) is 2.69. The molecular weight excluding hydrogens is 320 g/mol. The van der Waals surface area contributed by atoms with Crippen LogP contribution in [0.5, 0.6) is 0 Å². The number of benzene rings is 1. The number of nitrogens with zero attached hydrogens (tertiary/aromatic N) is 4. The van der Waals surface area contributed by atoms with Crippen LogP contribution in [0.1, 0.15) is 16.8 Å². The van der Waals surface area contributed by atoms with E-state index in [1.807, 2.05) is 49.2 Å². The second kappa shape index (κ2) is 6.84. The van der Waals surface area contributed by atoms with Gasteiger partial charge in [-0.25, -0.2) is 0 Å². The summed E-state index contributed by atoms with van der Waals surface area (Å²) in [4.78, 5) is 0. The Morgan fingerprint density at radius 1 is 1.12 bits per heavy atom. The van der Waals surface area contributed by atoms with Crippen molar-refractivity contribution in [3.8, 4) is 0 Å². The largest absolute Gasteiger partial charge is 0.330 e. The standard InChI is InChI=1S/C17H20N6S/c1-12-6-4-5-7-14(12)10-23-9-8-16(21-23)19-17(24)18-15-11-22(3)20-13(15)2/h4-9,11H,10H2,1-3H3,(H2,18,19,21,24). The Morgan fingerprint density at radius 3 is 2.62 bits per heavy atom. The average molecular weight is 340 g/mol. The minimum Gasteiger partial charge on any atom is -0.330 e. The fourth-order valence-electron chi connectivity index (χ4n) is 2.47. The summed E-state index contributed by atoms with van der Waals surface area (Å²) in [6.45, 7) is 4.77. The highest BCUT2D eigenvalue weighted by atomic mass is 32.1. The van der Waals surface area contributed by atoms with Gasteiger partial charge in [-0.2, -0.15) is 10.2 Å². The van der Waals surface area contributed by atoms with E-state index < -0.39 is 0 Å². The molecule has 124 valence electrons. The Labute approximate surface area is 146 Å². The Morgan fingerprint density at radius 2 is 1.92 bits per heavy atom. The third kappa shape index (κ3) is 3.80. The average Bonchev–Trinajstić information content (AvgIpc) is 3.08. The van der Waals surface area contributed by atoms with Crippen LogP contribution in [0, 0.1) is 13.8 Å². The summed E-state index contributed by atoms with van der Waals surface area (Å²) >= 11 is 5.34. The Hall–Kier alpha value is -2.67.